The molecule has 1 aromatic carbocycles. The number of hydrogen-bond acceptors (Lipinski definition) is 4. The SMILES string of the molecule is CCOC(=O)c1c(C#N)cc(OC(F)F)cc1CBr. The molecule has 0 aliphatic heterocycles. The summed E-state index contributed by atoms with van der Waals surface area (Å²) < 4.78 is 33.4. The molecule has 102 valence electrons. The van der Waals surface area contributed by atoms with E-state index in [1.165, 1.54) is 6.07 Å². The van der Waals surface area contributed by atoms with Gasteiger partial charge in [0, 0.05) is 5.33 Å². The van der Waals surface area contributed by atoms with Gasteiger partial charge < -0.3 is 9.47 Å². The highest BCUT2D eigenvalue weighted by Crippen LogP contribution is 2.26. The van der Waals surface area contributed by atoms with Crippen molar-refractivity contribution in [3.8, 4) is 11.8 Å². The number of nitriles is 1. The van der Waals surface area contributed by atoms with Crippen LogP contribution in [-0.4, -0.2) is 19.2 Å². The van der Waals surface area contributed by atoms with Crippen molar-refractivity contribution < 1.29 is 23.0 Å². The van der Waals surface area contributed by atoms with E-state index in [4.69, 9.17) is 10.00 Å². The van der Waals surface area contributed by atoms with Crippen LogP contribution in [0.4, 0.5) is 8.78 Å². The number of hydrogen-bond donors (Lipinski definition) is 0. The van der Waals surface area contributed by atoms with E-state index in [1.54, 1.807) is 13.0 Å². The van der Waals surface area contributed by atoms with Gasteiger partial charge in [-0.3, -0.25) is 0 Å². The number of ether oxygens (including phenoxy) is 2. The Kier molecular flexibility index (Phi) is 5.70. The Morgan fingerprint density at radius 2 is 2.21 bits per heavy atom. The number of esters is 1. The van der Waals surface area contributed by atoms with Gasteiger partial charge in [0.05, 0.1) is 17.7 Å². The third-order valence-corrected chi connectivity index (χ3v) is 2.77. The second-order valence-corrected chi connectivity index (χ2v) is 3.91. The molecule has 0 unspecified atom stereocenters. The molecule has 0 atom stereocenters. The minimum absolute atomic E-state index is 0.0582. The van der Waals surface area contributed by atoms with Crippen LogP contribution in [0.5, 0.6) is 5.75 Å². The van der Waals surface area contributed by atoms with E-state index in [2.05, 4.69) is 20.7 Å². The minimum atomic E-state index is -3.00. The Balaban J connectivity index is 3.30. The molecule has 0 saturated carbocycles. The van der Waals surface area contributed by atoms with Crippen LogP contribution in [0.2, 0.25) is 0 Å². The summed E-state index contributed by atoms with van der Waals surface area (Å²) in [4.78, 5) is 11.8. The third kappa shape index (κ3) is 3.89. The topological polar surface area (TPSA) is 59.3 Å². The van der Waals surface area contributed by atoms with Crippen LogP contribution in [0.25, 0.3) is 0 Å². The van der Waals surface area contributed by atoms with Crippen molar-refractivity contribution >= 4 is 21.9 Å². The van der Waals surface area contributed by atoms with Gasteiger partial charge in [0.1, 0.15) is 11.8 Å². The first-order valence-corrected chi connectivity index (χ1v) is 6.40. The second-order valence-electron chi connectivity index (χ2n) is 3.35. The number of benzene rings is 1. The van der Waals surface area contributed by atoms with Gasteiger partial charge in [0.15, 0.2) is 0 Å². The van der Waals surface area contributed by atoms with E-state index < -0.39 is 12.6 Å². The van der Waals surface area contributed by atoms with Gasteiger partial charge in [0.2, 0.25) is 0 Å². The fourth-order valence-corrected chi connectivity index (χ4v) is 1.92. The maximum Gasteiger partial charge on any atom is 0.387 e. The summed E-state index contributed by atoms with van der Waals surface area (Å²) in [5.41, 5.74) is 0.349. The summed E-state index contributed by atoms with van der Waals surface area (Å²) in [5, 5.41) is 9.20. The lowest BCUT2D eigenvalue weighted by molar-refractivity contribution is -0.0498. The number of carbonyl (C=O) groups is 1. The van der Waals surface area contributed by atoms with Crippen molar-refractivity contribution in [2.24, 2.45) is 0 Å². The Hall–Kier alpha value is -1.68. The van der Waals surface area contributed by atoms with Crippen LogP contribution in [0.1, 0.15) is 28.4 Å². The first-order chi connectivity index (χ1) is 9.03. The molecule has 0 bridgehead atoms. The Bertz CT molecular complexity index is 514. The maximum atomic E-state index is 12.2. The highest BCUT2D eigenvalue weighted by molar-refractivity contribution is 9.08. The summed E-state index contributed by atoms with van der Waals surface area (Å²) in [6.45, 7) is -1.21. The molecule has 0 saturated heterocycles. The zero-order valence-electron chi connectivity index (χ0n) is 9.95. The molecule has 0 N–H and O–H groups in total. The van der Waals surface area contributed by atoms with E-state index in [-0.39, 0.29) is 28.8 Å². The molecule has 7 heteroatoms. The lowest BCUT2D eigenvalue weighted by Gasteiger charge is -2.12. The summed E-state index contributed by atoms with van der Waals surface area (Å²) in [5.74, 6) is -0.842. The van der Waals surface area contributed by atoms with Gasteiger partial charge in [-0.2, -0.15) is 14.0 Å². The largest absolute Gasteiger partial charge is 0.462 e. The van der Waals surface area contributed by atoms with Crippen molar-refractivity contribution in [1.29, 1.82) is 5.26 Å². The predicted molar refractivity (Wildman–Crippen MR) is 66.4 cm³/mol. The van der Waals surface area contributed by atoms with Crippen molar-refractivity contribution in [3.63, 3.8) is 0 Å². The van der Waals surface area contributed by atoms with Gasteiger partial charge in [-0.1, -0.05) is 15.9 Å². The van der Waals surface area contributed by atoms with E-state index in [0.29, 0.717) is 5.56 Å². The van der Waals surface area contributed by atoms with Crippen LogP contribution in [0.3, 0.4) is 0 Å². The average Bonchev–Trinajstić information content (AvgIpc) is 2.36. The molecule has 0 amide bonds. The molecule has 0 aliphatic rings. The van der Waals surface area contributed by atoms with Crippen LogP contribution in [0.15, 0.2) is 12.1 Å². The van der Waals surface area contributed by atoms with Gasteiger partial charge in [-0.15, -0.1) is 0 Å². The fourth-order valence-electron chi connectivity index (χ4n) is 1.48. The fraction of sp³-hybridized carbons (Fsp3) is 0.333. The van der Waals surface area contributed by atoms with Crippen molar-refractivity contribution in [3.05, 3.63) is 28.8 Å². The van der Waals surface area contributed by atoms with Gasteiger partial charge in [-0.25, -0.2) is 4.79 Å². The molecular weight excluding hydrogens is 324 g/mol. The Morgan fingerprint density at radius 1 is 1.53 bits per heavy atom. The highest BCUT2D eigenvalue weighted by Gasteiger charge is 2.20. The van der Waals surface area contributed by atoms with Crippen LogP contribution in [-0.2, 0) is 10.1 Å². The van der Waals surface area contributed by atoms with Crippen molar-refractivity contribution in [1.82, 2.24) is 0 Å². The third-order valence-electron chi connectivity index (χ3n) is 2.16. The monoisotopic (exact) mass is 333 g/mol. The van der Waals surface area contributed by atoms with Crippen LogP contribution < -0.4 is 4.74 Å². The first-order valence-electron chi connectivity index (χ1n) is 5.28. The second kappa shape index (κ2) is 7.04. The summed E-state index contributed by atoms with van der Waals surface area (Å²) in [6, 6.07) is 4.14. The van der Waals surface area contributed by atoms with Crippen molar-refractivity contribution in [2.75, 3.05) is 6.61 Å². The molecule has 0 spiro atoms. The van der Waals surface area contributed by atoms with Gasteiger partial charge >= 0.3 is 12.6 Å². The maximum absolute atomic E-state index is 12.2. The van der Waals surface area contributed by atoms with Crippen molar-refractivity contribution in [2.45, 2.75) is 18.9 Å². The van der Waals surface area contributed by atoms with Crippen LogP contribution >= 0.6 is 15.9 Å². The molecule has 4 nitrogen and oxygen atoms in total. The molecule has 1 rings (SSSR count). The molecule has 1 aromatic rings. The Labute approximate surface area is 117 Å². The highest BCUT2D eigenvalue weighted by atomic mass is 79.9. The van der Waals surface area contributed by atoms with Gasteiger partial charge in [-0.05, 0) is 24.6 Å². The molecule has 0 heterocycles. The normalized spacial score (nSPS) is 10.1. The zero-order valence-corrected chi connectivity index (χ0v) is 11.5. The first kappa shape index (κ1) is 15.4. The number of rotatable bonds is 5. The number of halogens is 3. The predicted octanol–water partition coefficient (Wildman–Crippen LogP) is 3.23. The molecule has 0 fully saturated rings. The molecule has 19 heavy (non-hydrogen) atoms. The standard InChI is InChI=1S/C12H10BrF2NO3/c1-2-18-11(17)10-7(5-13)3-9(19-12(14)15)4-8(10)6-16/h3-4,12H,2,5H2,1H3. The molecule has 0 aromatic heterocycles. The minimum Gasteiger partial charge on any atom is -0.462 e. The van der Waals surface area contributed by atoms with E-state index in [1.807, 2.05) is 0 Å². The van der Waals surface area contributed by atoms with E-state index in [9.17, 15) is 13.6 Å². The van der Waals surface area contributed by atoms with E-state index >= 15 is 0 Å². The summed E-state index contributed by atoms with van der Waals surface area (Å²) >= 11 is 3.13. The molecule has 0 aliphatic carbocycles. The Morgan fingerprint density at radius 3 is 2.68 bits per heavy atom. The molecule has 0 radical (unpaired) electrons. The number of alkyl halides is 3. The zero-order chi connectivity index (χ0) is 14.4. The summed E-state index contributed by atoms with van der Waals surface area (Å²) in [7, 11) is 0. The molecular formula is C12H10BrF2NO3. The lowest BCUT2D eigenvalue weighted by Crippen LogP contribution is -2.11. The van der Waals surface area contributed by atoms with Crippen LogP contribution in [0, 0.1) is 11.3 Å². The summed E-state index contributed by atoms with van der Waals surface area (Å²) in [6.07, 6.45) is 0. The van der Waals surface area contributed by atoms with E-state index in [0.717, 1.165) is 6.07 Å². The smallest absolute Gasteiger partial charge is 0.387 e. The lowest BCUT2D eigenvalue weighted by atomic mass is 10.0. The number of nitrogens with zero attached hydrogens (tertiary/aromatic N) is 1. The average molecular weight is 334 g/mol. The quantitative estimate of drug-likeness (QED) is 0.613. The number of carbonyl (C=O) groups excluding carboxylic acids is 1. The van der Waals surface area contributed by atoms with Gasteiger partial charge in [0.25, 0.3) is 0 Å².